The Morgan fingerprint density at radius 2 is 2.00 bits per heavy atom. The zero-order chi connectivity index (χ0) is 11.5. The summed E-state index contributed by atoms with van der Waals surface area (Å²) in [7, 11) is 0. The predicted octanol–water partition coefficient (Wildman–Crippen LogP) is 2.53. The van der Waals surface area contributed by atoms with E-state index in [1.165, 1.54) is 18.2 Å². The lowest BCUT2D eigenvalue weighted by Crippen LogP contribution is -2.24. The number of rotatable bonds is 4. The molecule has 4 heteroatoms. The molecule has 0 aromatic heterocycles. The molecule has 0 radical (unpaired) electrons. The maximum atomic E-state index is 13.4. The van der Waals surface area contributed by atoms with Gasteiger partial charge in [0.25, 0.3) is 0 Å². The van der Waals surface area contributed by atoms with Gasteiger partial charge in [-0.3, -0.25) is 5.32 Å². The summed E-state index contributed by atoms with van der Waals surface area (Å²) in [5, 5.41) is 11.8. The molecule has 1 aromatic rings. The molecule has 1 fully saturated rings. The number of nitriles is 1. The summed E-state index contributed by atoms with van der Waals surface area (Å²) in [6.07, 6.45) is 2.26. The minimum absolute atomic E-state index is 0.175. The van der Waals surface area contributed by atoms with E-state index in [0.717, 1.165) is 12.8 Å². The standard InChI is InChI=1S/C12H12F2N2/c13-9-2-1-3-10(14)12(9)11(6-15)16-7-8-4-5-8/h1-3,8,11,16H,4-5,7H2. The van der Waals surface area contributed by atoms with Gasteiger partial charge in [-0.15, -0.1) is 0 Å². The number of hydrogen-bond donors (Lipinski definition) is 1. The van der Waals surface area contributed by atoms with Gasteiger partial charge < -0.3 is 0 Å². The van der Waals surface area contributed by atoms with Crippen LogP contribution in [0.4, 0.5) is 8.78 Å². The van der Waals surface area contributed by atoms with E-state index in [1.54, 1.807) is 0 Å². The third-order valence-corrected chi connectivity index (χ3v) is 2.73. The summed E-state index contributed by atoms with van der Waals surface area (Å²) >= 11 is 0. The molecule has 2 rings (SSSR count). The molecule has 2 nitrogen and oxygen atoms in total. The highest BCUT2D eigenvalue weighted by Crippen LogP contribution is 2.29. The van der Waals surface area contributed by atoms with E-state index >= 15 is 0 Å². The monoisotopic (exact) mass is 222 g/mol. The highest BCUT2D eigenvalue weighted by Gasteiger charge is 2.25. The van der Waals surface area contributed by atoms with Crippen LogP contribution in [-0.4, -0.2) is 6.54 Å². The second-order valence-electron chi connectivity index (χ2n) is 4.05. The molecule has 1 aliphatic rings. The second-order valence-corrected chi connectivity index (χ2v) is 4.05. The highest BCUT2D eigenvalue weighted by atomic mass is 19.1. The van der Waals surface area contributed by atoms with Crippen LogP contribution in [-0.2, 0) is 0 Å². The van der Waals surface area contributed by atoms with Crippen molar-refractivity contribution >= 4 is 0 Å². The normalized spacial score (nSPS) is 16.8. The van der Waals surface area contributed by atoms with Crippen LogP contribution in [0.2, 0.25) is 0 Å². The Bertz CT molecular complexity index is 401. The van der Waals surface area contributed by atoms with Crippen LogP contribution in [0.5, 0.6) is 0 Å². The minimum Gasteiger partial charge on any atom is -0.298 e. The van der Waals surface area contributed by atoms with E-state index < -0.39 is 17.7 Å². The molecule has 1 saturated carbocycles. The van der Waals surface area contributed by atoms with Gasteiger partial charge in [-0.1, -0.05) is 6.07 Å². The first-order valence-electron chi connectivity index (χ1n) is 5.29. The fourth-order valence-corrected chi connectivity index (χ4v) is 1.61. The molecule has 1 atom stereocenters. The molecule has 0 saturated heterocycles. The number of hydrogen-bond acceptors (Lipinski definition) is 2. The molecule has 0 amide bonds. The van der Waals surface area contributed by atoms with E-state index in [9.17, 15) is 8.78 Å². The molecule has 1 aliphatic carbocycles. The van der Waals surface area contributed by atoms with Gasteiger partial charge in [-0.2, -0.15) is 5.26 Å². The van der Waals surface area contributed by atoms with Gasteiger partial charge in [-0.05, 0) is 37.4 Å². The van der Waals surface area contributed by atoms with Gasteiger partial charge in [-0.25, -0.2) is 8.78 Å². The zero-order valence-electron chi connectivity index (χ0n) is 8.71. The molecular formula is C12H12F2N2. The Kier molecular flexibility index (Phi) is 3.16. The van der Waals surface area contributed by atoms with Crippen molar-refractivity contribution in [3.05, 3.63) is 35.4 Å². The van der Waals surface area contributed by atoms with Gasteiger partial charge in [0.15, 0.2) is 0 Å². The number of benzene rings is 1. The summed E-state index contributed by atoms with van der Waals surface area (Å²) < 4.78 is 26.8. The summed E-state index contributed by atoms with van der Waals surface area (Å²) in [5.41, 5.74) is -0.175. The smallest absolute Gasteiger partial charge is 0.131 e. The third kappa shape index (κ3) is 2.37. The van der Waals surface area contributed by atoms with Crippen molar-refractivity contribution in [2.75, 3.05) is 6.54 Å². The molecular weight excluding hydrogens is 210 g/mol. The third-order valence-electron chi connectivity index (χ3n) is 2.73. The number of halogens is 2. The van der Waals surface area contributed by atoms with Crippen molar-refractivity contribution in [3.63, 3.8) is 0 Å². The molecule has 0 heterocycles. The van der Waals surface area contributed by atoms with E-state index in [-0.39, 0.29) is 5.56 Å². The molecule has 1 N–H and O–H groups in total. The summed E-state index contributed by atoms with van der Waals surface area (Å²) in [6.45, 7) is 0.645. The van der Waals surface area contributed by atoms with Crippen LogP contribution in [0.3, 0.4) is 0 Å². The van der Waals surface area contributed by atoms with Crippen molar-refractivity contribution in [3.8, 4) is 6.07 Å². The maximum Gasteiger partial charge on any atom is 0.131 e. The first-order chi connectivity index (χ1) is 7.72. The number of nitrogens with one attached hydrogen (secondary N) is 1. The zero-order valence-corrected chi connectivity index (χ0v) is 8.71. The Morgan fingerprint density at radius 3 is 2.50 bits per heavy atom. The average molecular weight is 222 g/mol. The molecule has 0 spiro atoms. The summed E-state index contributed by atoms with van der Waals surface area (Å²) in [6, 6.07) is 4.62. The van der Waals surface area contributed by atoms with Crippen molar-refractivity contribution in [2.45, 2.75) is 18.9 Å². The van der Waals surface area contributed by atoms with Crippen LogP contribution in [0, 0.1) is 28.9 Å². The van der Waals surface area contributed by atoms with Gasteiger partial charge >= 0.3 is 0 Å². The quantitative estimate of drug-likeness (QED) is 0.849. The topological polar surface area (TPSA) is 35.8 Å². The number of nitrogens with zero attached hydrogens (tertiary/aromatic N) is 1. The Balaban J connectivity index is 2.15. The van der Waals surface area contributed by atoms with Crippen molar-refractivity contribution in [2.24, 2.45) is 5.92 Å². The van der Waals surface area contributed by atoms with Crippen LogP contribution < -0.4 is 5.32 Å². The molecule has 84 valence electrons. The SMILES string of the molecule is N#CC(NCC1CC1)c1c(F)cccc1F. The second kappa shape index (κ2) is 4.58. The predicted molar refractivity (Wildman–Crippen MR) is 55.4 cm³/mol. The van der Waals surface area contributed by atoms with Gasteiger partial charge in [0.1, 0.15) is 17.7 Å². The molecule has 16 heavy (non-hydrogen) atoms. The Morgan fingerprint density at radius 1 is 1.38 bits per heavy atom. The van der Waals surface area contributed by atoms with Gasteiger partial charge in [0.2, 0.25) is 0 Å². The van der Waals surface area contributed by atoms with E-state index in [2.05, 4.69) is 5.32 Å². The lowest BCUT2D eigenvalue weighted by molar-refractivity contribution is 0.506. The maximum absolute atomic E-state index is 13.4. The Hall–Kier alpha value is -1.47. The summed E-state index contributed by atoms with van der Waals surface area (Å²) in [5.74, 6) is -0.782. The minimum atomic E-state index is -0.901. The first-order valence-corrected chi connectivity index (χ1v) is 5.29. The van der Waals surface area contributed by atoms with Crippen LogP contribution in [0.25, 0.3) is 0 Å². The van der Waals surface area contributed by atoms with Gasteiger partial charge in [0.05, 0.1) is 11.6 Å². The largest absolute Gasteiger partial charge is 0.298 e. The van der Waals surface area contributed by atoms with Crippen molar-refractivity contribution < 1.29 is 8.78 Å². The fraction of sp³-hybridized carbons (Fsp3) is 0.417. The Labute approximate surface area is 92.9 Å². The molecule has 1 aromatic carbocycles. The van der Waals surface area contributed by atoms with Crippen LogP contribution in [0.1, 0.15) is 24.4 Å². The highest BCUT2D eigenvalue weighted by molar-refractivity contribution is 5.27. The summed E-state index contributed by atoms with van der Waals surface area (Å²) in [4.78, 5) is 0. The molecule has 1 unspecified atom stereocenters. The van der Waals surface area contributed by atoms with Crippen LogP contribution in [0.15, 0.2) is 18.2 Å². The van der Waals surface area contributed by atoms with Crippen LogP contribution >= 0.6 is 0 Å². The first kappa shape index (κ1) is 11.0. The molecule has 0 bridgehead atoms. The van der Waals surface area contributed by atoms with E-state index in [1.807, 2.05) is 6.07 Å². The van der Waals surface area contributed by atoms with Crippen molar-refractivity contribution in [1.29, 1.82) is 5.26 Å². The van der Waals surface area contributed by atoms with Gasteiger partial charge in [0, 0.05) is 0 Å². The average Bonchev–Trinajstić information content (AvgIpc) is 3.06. The lowest BCUT2D eigenvalue weighted by atomic mass is 10.1. The van der Waals surface area contributed by atoms with Crippen molar-refractivity contribution in [1.82, 2.24) is 5.32 Å². The lowest BCUT2D eigenvalue weighted by Gasteiger charge is -2.12. The van der Waals surface area contributed by atoms with E-state index in [4.69, 9.17) is 5.26 Å². The van der Waals surface area contributed by atoms with E-state index in [0.29, 0.717) is 12.5 Å². The molecule has 0 aliphatic heterocycles. The fourth-order valence-electron chi connectivity index (χ4n) is 1.61.